The number of nitrogens with zero attached hydrogens (tertiary/aromatic N) is 1. The molecule has 0 bridgehead atoms. The van der Waals surface area contributed by atoms with Gasteiger partial charge in [0.2, 0.25) is 0 Å². The van der Waals surface area contributed by atoms with Crippen LogP contribution in [0, 0.1) is 0 Å². The molecule has 1 aliphatic heterocycles. The molecule has 1 aliphatic carbocycles. The highest BCUT2D eigenvalue weighted by molar-refractivity contribution is 5.75. The molecule has 2 fully saturated rings. The van der Waals surface area contributed by atoms with E-state index in [2.05, 4.69) is 5.32 Å². The standard InChI is InChI=1S/C14H19N3O2/c15-10-2-1-3-12(8-10)19-13-6-7-17(9-13)14(18)16-11-4-5-11/h1-3,8,11,13H,4-7,9,15H2,(H,16,18). The number of nitrogen functional groups attached to an aromatic ring is 1. The van der Waals surface area contributed by atoms with Crippen molar-refractivity contribution in [3.05, 3.63) is 24.3 Å². The molecule has 1 heterocycles. The second kappa shape index (κ2) is 4.99. The fourth-order valence-corrected chi connectivity index (χ4v) is 2.28. The number of nitrogens with one attached hydrogen (secondary N) is 1. The molecule has 1 saturated carbocycles. The van der Waals surface area contributed by atoms with Gasteiger partial charge >= 0.3 is 6.03 Å². The summed E-state index contributed by atoms with van der Waals surface area (Å²) in [5, 5.41) is 3.00. The highest BCUT2D eigenvalue weighted by atomic mass is 16.5. The summed E-state index contributed by atoms with van der Waals surface area (Å²) in [7, 11) is 0. The van der Waals surface area contributed by atoms with Crippen molar-refractivity contribution < 1.29 is 9.53 Å². The average molecular weight is 261 g/mol. The maximum absolute atomic E-state index is 11.9. The Labute approximate surface area is 112 Å². The average Bonchev–Trinajstić information content (AvgIpc) is 3.06. The number of rotatable bonds is 3. The summed E-state index contributed by atoms with van der Waals surface area (Å²) < 4.78 is 5.86. The van der Waals surface area contributed by atoms with Gasteiger partial charge in [-0.3, -0.25) is 0 Å². The van der Waals surface area contributed by atoms with E-state index < -0.39 is 0 Å². The minimum atomic E-state index is 0.0428. The molecular formula is C14H19N3O2. The summed E-state index contributed by atoms with van der Waals surface area (Å²) in [6, 6.07) is 7.85. The molecule has 3 rings (SSSR count). The third-order valence-corrected chi connectivity index (χ3v) is 3.50. The first-order valence-corrected chi connectivity index (χ1v) is 6.78. The Morgan fingerprint density at radius 1 is 1.37 bits per heavy atom. The fraction of sp³-hybridized carbons (Fsp3) is 0.500. The van der Waals surface area contributed by atoms with Crippen molar-refractivity contribution in [1.29, 1.82) is 0 Å². The van der Waals surface area contributed by atoms with Gasteiger partial charge in [0.05, 0.1) is 6.54 Å². The predicted octanol–water partition coefficient (Wildman–Crippen LogP) is 1.59. The van der Waals surface area contributed by atoms with E-state index in [9.17, 15) is 4.79 Å². The number of amides is 2. The van der Waals surface area contributed by atoms with Gasteiger partial charge in [0, 0.05) is 30.8 Å². The number of urea groups is 1. The zero-order valence-corrected chi connectivity index (χ0v) is 10.8. The van der Waals surface area contributed by atoms with Gasteiger partial charge in [-0.1, -0.05) is 6.07 Å². The van der Waals surface area contributed by atoms with Gasteiger partial charge in [-0.05, 0) is 25.0 Å². The Balaban J connectivity index is 1.52. The number of nitrogens with two attached hydrogens (primary N) is 1. The van der Waals surface area contributed by atoms with Crippen molar-refractivity contribution in [2.45, 2.75) is 31.4 Å². The van der Waals surface area contributed by atoms with Crippen molar-refractivity contribution in [2.75, 3.05) is 18.8 Å². The third kappa shape index (κ3) is 3.10. The van der Waals surface area contributed by atoms with Gasteiger partial charge in [-0.25, -0.2) is 4.79 Å². The summed E-state index contributed by atoms with van der Waals surface area (Å²) >= 11 is 0. The van der Waals surface area contributed by atoms with Gasteiger partial charge in [0.25, 0.3) is 0 Å². The summed E-state index contributed by atoms with van der Waals surface area (Å²) in [5.41, 5.74) is 6.41. The van der Waals surface area contributed by atoms with Gasteiger partial charge < -0.3 is 20.7 Å². The molecule has 1 saturated heterocycles. The molecule has 1 aromatic carbocycles. The van der Waals surface area contributed by atoms with E-state index in [0.29, 0.717) is 18.3 Å². The van der Waals surface area contributed by atoms with Crippen LogP contribution >= 0.6 is 0 Å². The number of anilines is 1. The Morgan fingerprint density at radius 2 is 2.21 bits per heavy atom. The fourth-order valence-electron chi connectivity index (χ4n) is 2.28. The smallest absolute Gasteiger partial charge is 0.317 e. The van der Waals surface area contributed by atoms with Crippen LogP contribution in [0.2, 0.25) is 0 Å². The van der Waals surface area contributed by atoms with Crippen LogP contribution in [0.25, 0.3) is 0 Å². The molecule has 0 aromatic heterocycles. The molecule has 1 atom stereocenters. The molecule has 102 valence electrons. The molecule has 0 radical (unpaired) electrons. The van der Waals surface area contributed by atoms with Crippen LogP contribution in [0.3, 0.4) is 0 Å². The molecular weight excluding hydrogens is 242 g/mol. The summed E-state index contributed by atoms with van der Waals surface area (Å²) in [6.07, 6.45) is 3.16. The van der Waals surface area contributed by atoms with E-state index >= 15 is 0 Å². The monoisotopic (exact) mass is 261 g/mol. The van der Waals surface area contributed by atoms with Crippen molar-refractivity contribution in [2.24, 2.45) is 0 Å². The van der Waals surface area contributed by atoms with Crippen LogP contribution in [0.4, 0.5) is 10.5 Å². The molecule has 0 spiro atoms. The van der Waals surface area contributed by atoms with Gasteiger partial charge in [-0.2, -0.15) is 0 Å². The number of ether oxygens (including phenoxy) is 1. The number of hydrogen-bond donors (Lipinski definition) is 2. The van der Waals surface area contributed by atoms with Crippen LogP contribution in [0.5, 0.6) is 5.75 Å². The first-order chi connectivity index (χ1) is 9.20. The lowest BCUT2D eigenvalue weighted by molar-refractivity contribution is 0.186. The van der Waals surface area contributed by atoms with Gasteiger partial charge in [0.15, 0.2) is 0 Å². The molecule has 3 N–H and O–H groups in total. The maximum atomic E-state index is 11.9. The van der Waals surface area contributed by atoms with Crippen molar-refractivity contribution in [3.63, 3.8) is 0 Å². The van der Waals surface area contributed by atoms with E-state index in [0.717, 1.165) is 31.6 Å². The largest absolute Gasteiger partial charge is 0.488 e. The zero-order chi connectivity index (χ0) is 13.2. The topological polar surface area (TPSA) is 67.6 Å². The number of hydrogen-bond acceptors (Lipinski definition) is 3. The van der Waals surface area contributed by atoms with E-state index in [1.807, 2.05) is 29.2 Å². The second-order valence-electron chi connectivity index (χ2n) is 5.27. The summed E-state index contributed by atoms with van der Waals surface area (Å²) in [6.45, 7) is 1.40. The van der Waals surface area contributed by atoms with Gasteiger partial charge in [-0.15, -0.1) is 0 Å². The van der Waals surface area contributed by atoms with Crippen LogP contribution < -0.4 is 15.8 Å². The van der Waals surface area contributed by atoms with E-state index in [1.165, 1.54) is 0 Å². The lowest BCUT2D eigenvalue weighted by Crippen LogP contribution is -2.40. The summed E-state index contributed by atoms with van der Waals surface area (Å²) in [4.78, 5) is 13.7. The quantitative estimate of drug-likeness (QED) is 0.812. The van der Waals surface area contributed by atoms with Crippen LogP contribution in [-0.4, -0.2) is 36.2 Å². The van der Waals surface area contributed by atoms with E-state index in [-0.39, 0.29) is 12.1 Å². The molecule has 1 unspecified atom stereocenters. The molecule has 5 heteroatoms. The molecule has 2 aliphatic rings. The first kappa shape index (κ1) is 12.1. The Hall–Kier alpha value is -1.91. The second-order valence-corrected chi connectivity index (χ2v) is 5.27. The Morgan fingerprint density at radius 3 is 2.95 bits per heavy atom. The Bertz CT molecular complexity index is 474. The lowest BCUT2D eigenvalue weighted by atomic mass is 10.3. The third-order valence-electron chi connectivity index (χ3n) is 3.50. The number of likely N-dealkylation sites (tertiary alicyclic amines) is 1. The summed E-state index contributed by atoms with van der Waals surface area (Å²) in [5.74, 6) is 0.773. The number of carbonyl (C=O) groups is 1. The van der Waals surface area contributed by atoms with E-state index in [4.69, 9.17) is 10.5 Å². The highest BCUT2D eigenvalue weighted by Gasteiger charge is 2.31. The highest BCUT2D eigenvalue weighted by Crippen LogP contribution is 2.22. The minimum absolute atomic E-state index is 0.0428. The first-order valence-electron chi connectivity index (χ1n) is 6.78. The normalized spacial score (nSPS) is 22.3. The molecule has 19 heavy (non-hydrogen) atoms. The SMILES string of the molecule is Nc1cccc(OC2CCN(C(=O)NC3CC3)C2)c1. The lowest BCUT2D eigenvalue weighted by Gasteiger charge is -2.18. The van der Waals surface area contributed by atoms with Crippen molar-refractivity contribution >= 4 is 11.7 Å². The molecule has 1 aromatic rings. The number of carbonyl (C=O) groups excluding carboxylic acids is 1. The molecule has 2 amide bonds. The van der Waals surface area contributed by atoms with Crippen molar-refractivity contribution in [3.8, 4) is 5.75 Å². The van der Waals surface area contributed by atoms with Crippen LogP contribution in [0.1, 0.15) is 19.3 Å². The van der Waals surface area contributed by atoms with Crippen LogP contribution in [0.15, 0.2) is 24.3 Å². The maximum Gasteiger partial charge on any atom is 0.317 e. The van der Waals surface area contributed by atoms with Crippen molar-refractivity contribution in [1.82, 2.24) is 10.2 Å². The molecule has 5 nitrogen and oxygen atoms in total. The minimum Gasteiger partial charge on any atom is -0.488 e. The predicted molar refractivity (Wildman–Crippen MR) is 73.0 cm³/mol. The zero-order valence-electron chi connectivity index (χ0n) is 10.8. The van der Waals surface area contributed by atoms with Gasteiger partial charge in [0.1, 0.15) is 11.9 Å². The van der Waals surface area contributed by atoms with E-state index in [1.54, 1.807) is 0 Å². The Kier molecular flexibility index (Phi) is 3.19. The van der Waals surface area contributed by atoms with Crippen LogP contribution in [-0.2, 0) is 0 Å². The number of benzene rings is 1.